The number of nitrogens with zero attached hydrogens (tertiary/aromatic N) is 3. The van der Waals surface area contributed by atoms with Crippen LogP contribution < -0.4 is 5.73 Å². The van der Waals surface area contributed by atoms with Gasteiger partial charge in [-0.1, -0.05) is 13.8 Å². The molecule has 2 bridgehead atoms. The predicted molar refractivity (Wildman–Crippen MR) is 85.9 cm³/mol. The summed E-state index contributed by atoms with van der Waals surface area (Å²) in [6.07, 6.45) is 2.68. The maximum Gasteiger partial charge on any atom is 0.0488 e. The van der Waals surface area contributed by atoms with Gasteiger partial charge in [0.05, 0.1) is 0 Å². The minimum atomic E-state index is 0.233. The minimum absolute atomic E-state index is 0.233. The van der Waals surface area contributed by atoms with Crippen molar-refractivity contribution in [3.05, 3.63) is 0 Å². The number of hydrogen-bond donors (Lipinski definition) is 1. The van der Waals surface area contributed by atoms with Gasteiger partial charge in [-0.2, -0.15) is 0 Å². The fourth-order valence-electron chi connectivity index (χ4n) is 4.12. The molecule has 4 nitrogen and oxygen atoms in total. The van der Waals surface area contributed by atoms with Gasteiger partial charge in [0.1, 0.15) is 0 Å². The molecular weight excluding hydrogens is 248 g/mol. The van der Waals surface area contributed by atoms with Crippen molar-refractivity contribution in [2.75, 3.05) is 59.9 Å². The van der Waals surface area contributed by atoms with Crippen LogP contribution in [-0.2, 0) is 0 Å². The summed E-state index contributed by atoms with van der Waals surface area (Å²) in [5, 5.41) is 0. The lowest BCUT2D eigenvalue weighted by molar-refractivity contribution is -0.0726. The van der Waals surface area contributed by atoms with E-state index in [1.807, 2.05) is 0 Å². The van der Waals surface area contributed by atoms with E-state index in [4.69, 9.17) is 5.73 Å². The zero-order chi connectivity index (χ0) is 14.8. The van der Waals surface area contributed by atoms with Crippen LogP contribution in [0.3, 0.4) is 0 Å². The van der Waals surface area contributed by atoms with Gasteiger partial charge in [-0.05, 0) is 51.9 Å². The molecule has 20 heavy (non-hydrogen) atoms. The van der Waals surface area contributed by atoms with E-state index < -0.39 is 0 Å². The van der Waals surface area contributed by atoms with Crippen molar-refractivity contribution in [2.24, 2.45) is 17.6 Å². The normalized spacial score (nSPS) is 33.6. The van der Waals surface area contributed by atoms with E-state index in [0.29, 0.717) is 5.92 Å². The van der Waals surface area contributed by atoms with Crippen molar-refractivity contribution < 1.29 is 0 Å². The molecule has 3 aliphatic rings. The van der Waals surface area contributed by atoms with Gasteiger partial charge in [-0.3, -0.25) is 4.90 Å². The van der Waals surface area contributed by atoms with Crippen molar-refractivity contribution in [1.82, 2.24) is 14.7 Å². The fraction of sp³-hybridized carbons (Fsp3) is 1.00. The highest BCUT2D eigenvalue weighted by atomic mass is 15.3. The Bertz CT molecular complexity index is 297. The second-order valence-electron chi connectivity index (χ2n) is 7.50. The Morgan fingerprint density at radius 1 is 1.20 bits per heavy atom. The first kappa shape index (κ1) is 16.2. The van der Waals surface area contributed by atoms with Gasteiger partial charge < -0.3 is 15.5 Å². The maximum atomic E-state index is 6.33. The second kappa shape index (κ2) is 6.73. The number of fused-ring (bicyclic) bond motifs is 3. The predicted octanol–water partition coefficient (Wildman–Crippen LogP) is 0.929. The summed E-state index contributed by atoms with van der Waals surface area (Å²) in [7, 11) is 4.33. The summed E-state index contributed by atoms with van der Waals surface area (Å²) >= 11 is 0. The summed E-state index contributed by atoms with van der Waals surface area (Å²) in [6.45, 7) is 12.7. The highest BCUT2D eigenvalue weighted by molar-refractivity contribution is 5.06. The lowest BCUT2D eigenvalue weighted by Gasteiger charge is -2.58. The number of piperidine rings is 3. The van der Waals surface area contributed by atoms with Crippen LogP contribution in [0.1, 0.15) is 26.7 Å². The van der Waals surface area contributed by atoms with Gasteiger partial charge in [0, 0.05) is 38.3 Å². The molecule has 0 aromatic heterocycles. The smallest absolute Gasteiger partial charge is 0.0488 e. The van der Waals surface area contributed by atoms with Crippen molar-refractivity contribution in [2.45, 2.75) is 32.2 Å². The number of likely N-dealkylation sites (N-methyl/N-ethyl adjacent to an activating group) is 1. The molecule has 118 valence electrons. The van der Waals surface area contributed by atoms with E-state index in [1.54, 1.807) is 0 Å². The average molecular weight is 282 g/mol. The van der Waals surface area contributed by atoms with E-state index in [9.17, 15) is 0 Å². The molecule has 0 spiro atoms. The standard InChI is InChI=1S/C16H34N4/c1-14(2)11-20(10-9-18(3)4)16(12-17)13-19-7-5-15(16)6-8-19/h14-15H,5-13,17H2,1-4H3. The Kier molecular flexibility index (Phi) is 5.46. The van der Waals surface area contributed by atoms with Gasteiger partial charge in [-0.25, -0.2) is 0 Å². The zero-order valence-electron chi connectivity index (χ0n) is 13.9. The van der Waals surface area contributed by atoms with Gasteiger partial charge in [0.25, 0.3) is 0 Å². The molecule has 3 rings (SSSR count). The Morgan fingerprint density at radius 2 is 1.85 bits per heavy atom. The van der Waals surface area contributed by atoms with Gasteiger partial charge in [-0.15, -0.1) is 0 Å². The Balaban J connectivity index is 2.14. The van der Waals surface area contributed by atoms with E-state index >= 15 is 0 Å². The third kappa shape index (κ3) is 3.35. The molecule has 0 aliphatic carbocycles. The van der Waals surface area contributed by atoms with Crippen LogP contribution in [0.25, 0.3) is 0 Å². The van der Waals surface area contributed by atoms with E-state index in [2.05, 4.69) is 42.6 Å². The van der Waals surface area contributed by atoms with Gasteiger partial charge in [0.2, 0.25) is 0 Å². The minimum Gasteiger partial charge on any atom is -0.329 e. The van der Waals surface area contributed by atoms with Gasteiger partial charge in [0.15, 0.2) is 0 Å². The van der Waals surface area contributed by atoms with Crippen LogP contribution in [-0.4, -0.2) is 80.1 Å². The van der Waals surface area contributed by atoms with Crippen LogP contribution in [0.5, 0.6) is 0 Å². The van der Waals surface area contributed by atoms with E-state index in [-0.39, 0.29) is 5.54 Å². The van der Waals surface area contributed by atoms with Crippen LogP contribution in [0.15, 0.2) is 0 Å². The van der Waals surface area contributed by atoms with Crippen molar-refractivity contribution in [3.63, 3.8) is 0 Å². The second-order valence-corrected chi connectivity index (χ2v) is 7.50. The number of rotatable bonds is 7. The Morgan fingerprint density at radius 3 is 2.25 bits per heavy atom. The lowest BCUT2D eigenvalue weighted by atomic mass is 9.71. The van der Waals surface area contributed by atoms with Crippen molar-refractivity contribution >= 4 is 0 Å². The molecule has 3 aliphatic heterocycles. The third-order valence-electron chi connectivity index (χ3n) is 5.23. The van der Waals surface area contributed by atoms with Crippen LogP contribution in [0.2, 0.25) is 0 Å². The first-order chi connectivity index (χ1) is 9.48. The first-order valence-electron chi connectivity index (χ1n) is 8.30. The summed E-state index contributed by atoms with van der Waals surface area (Å²) in [5.74, 6) is 1.51. The molecule has 3 heterocycles. The molecule has 0 saturated carbocycles. The quantitative estimate of drug-likeness (QED) is 0.753. The average Bonchev–Trinajstić information content (AvgIpc) is 2.43. The monoisotopic (exact) mass is 282 g/mol. The summed E-state index contributed by atoms with van der Waals surface area (Å²) in [4.78, 5) is 7.66. The topological polar surface area (TPSA) is 35.7 Å². The third-order valence-corrected chi connectivity index (χ3v) is 5.23. The maximum absolute atomic E-state index is 6.33. The molecule has 4 heteroatoms. The highest BCUT2D eigenvalue weighted by Gasteiger charge is 2.49. The van der Waals surface area contributed by atoms with Crippen molar-refractivity contribution in [1.29, 1.82) is 0 Å². The molecule has 0 radical (unpaired) electrons. The Hall–Kier alpha value is -0.160. The molecule has 0 aromatic carbocycles. The highest BCUT2D eigenvalue weighted by Crippen LogP contribution is 2.39. The number of hydrogen-bond acceptors (Lipinski definition) is 4. The molecule has 0 aromatic rings. The summed E-state index contributed by atoms with van der Waals surface area (Å²) in [5.41, 5.74) is 6.56. The van der Waals surface area contributed by atoms with E-state index in [1.165, 1.54) is 39.0 Å². The van der Waals surface area contributed by atoms with Gasteiger partial charge >= 0.3 is 0 Å². The molecule has 1 atom stereocenters. The molecule has 1 unspecified atom stereocenters. The fourth-order valence-corrected chi connectivity index (χ4v) is 4.12. The van der Waals surface area contributed by atoms with Crippen molar-refractivity contribution in [3.8, 4) is 0 Å². The number of nitrogens with two attached hydrogens (primary N) is 1. The Labute approximate surface area is 125 Å². The molecule has 3 saturated heterocycles. The van der Waals surface area contributed by atoms with Crippen LogP contribution in [0.4, 0.5) is 0 Å². The van der Waals surface area contributed by atoms with E-state index in [0.717, 1.165) is 25.6 Å². The molecule has 2 N–H and O–H groups in total. The summed E-state index contributed by atoms with van der Waals surface area (Å²) in [6, 6.07) is 0. The first-order valence-corrected chi connectivity index (χ1v) is 8.30. The van der Waals surface area contributed by atoms with Crippen LogP contribution >= 0.6 is 0 Å². The molecule has 0 amide bonds. The molecular formula is C16H34N4. The van der Waals surface area contributed by atoms with Crippen LogP contribution in [0, 0.1) is 11.8 Å². The largest absolute Gasteiger partial charge is 0.329 e. The molecule has 3 fully saturated rings. The summed E-state index contributed by atoms with van der Waals surface area (Å²) < 4.78 is 0. The lowest BCUT2D eigenvalue weighted by Crippen LogP contribution is -2.71. The zero-order valence-corrected chi connectivity index (χ0v) is 13.9. The SMILES string of the molecule is CC(C)CN(CCN(C)C)C1(CN)CN2CCC1CC2.